The van der Waals surface area contributed by atoms with Crippen LogP contribution in [0, 0.1) is 6.92 Å². The number of thiazole rings is 1. The molecule has 0 bridgehead atoms. The van der Waals surface area contributed by atoms with E-state index in [2.05, 4.69) is 15.2 Å². The minimum Gasteiger partial charge on any atom is -0.333 e. The molecule has 2 fully saturated rings. The van der Waals surface area contributed by atoms with Gasteiger partial charge in [0.2, 0.25) is 0 Å². The third-order valence-corrected chi connectivity index (χ3v) is 5.11. The molecule has 1 amide bonds. The summed E-state index contributed by atoms with van der Waals surface area (Å²) in [6, 6.07) is 0.879. The standard InChI is InChI=1S/C14H21N3OS/c1-10-16-9-13(19-10)14(18)17-8-3-2-6-12(17)11-5-4-7-15-11/h9,11-12,15H,2-8H2,1H3. The lowest BCUT2D eigenvalue weighted by atomic mass is 9.94. The molecule has 0 aromatic carbocycles. The first kappa shape index (κ1) is 13.1. The second-order valence-electron chi connectivity index (χ2n) is 5.51. The number of rotatable bonds is 2. The predicted molar refractivity (Wildman–Crippen MR) is 76.6 cm³/mol. The molecule has 2 saturated heterocycles. The van der Waals surface area contributed by atoms with Crippen molar-refractivity contribution in [3.05, 3.63) is 16.1 Å². The maximum absolute atomic E-state index is 12.6. The van der Waals surface area contributed by atoms with Crippen molar-refractivity contribution in [1.29, 1.82) is 0 Å². The van der Waals surface area contributed by atoms with Gasteiger partial charge in [-0.1, -0.05) is 0 Å². The van der Waals surface area contributed by atoms with Crippen molar-refractivity contribution in [2.24, 2.45) is 0 Å². The number of piperidine rings is 1. The number of amides is 1. The number of hydrogen-bond acceptors (Lipinski definition) is 4. The lowest BCUT2D eigenvalue weighted by Gasteiger charge is -2.39. The summed E-state index contributed by atoms with van der Waals surface area (Å²) in [4.78, 5) is 19.7. The van der Waals surface area contributed by atoms with Crippen molar-refractivity contribution in [1.82, 2.24) is 15.2 Å². The van der Waals surface area contributed by atoms with Gasteiger partial charge in [0.1, 0.15) is 4.88 Å². The van der Waals surface area contributed by atoms with Crippen LogP contribution in [0.4, 0.5) is 0 Å². The Morgan fingerprint density at radius 1 is 1.42 bits per heavy atom. The largest absolute Gasteiger partial charge is 0.333 e. The molecule has 2 unspecified atom stereocenters. The summed E-state index contributed by atoms with van der Waals surface area (Å²) < 4.78 is 0. The van der Waals surface area contributed by atoms with Crippen molar-refractivity contribution in [2.75, 3.05) is 13.1 Å². The van der Waals surface area contributed by atoms with E-state index in [0.29, 0.717) is 12.1 Å². The lowest BCUT2D eigenvalue weighted by molar-refractivity contribution is 0.0568. The van der Waals surface area contributed by atoms with E-state index in [1.165, 1.54) is 30.6 Å². The van der Waals surface area contributed by atoms with Gasteiger partial charge in [0.25, 0.3) is 5.91 Å². The summed E-state index contributed by atoms with van der Waals surface area (Å²) in [6.45, 7) is 3.95. The average molecular weight is 279 g/mol. The minimum atomic E-state index is 0.184. The smallest absolute Gasteiger partial charge is 0.265 e. The highest BCUT2D eigenvalue weighted by Gasteiger charge is 2.34. The third kappa shape index (κ3) is 2.67. The summed E-state index contributed by atoms with van der Waals surface area (Å²) in [5, 5.41) is 4.53. The highest BCUT2D eigenvalue weighted by atomic mass is 32.1. The zero-order valence-electron chi connectivity index (χ0n) is 11.4. The fraction of sp³-hybridized carbons (Fsp3) is 0.714. The number of aromatic nitrogens is 1. The molecule has 104 valence electrons. The number of carbonyl (C=O) groups is 1. The number of nitrogens with zero attached hydrogens (tertiary/aromatic N) is 2. The molecule has 0 saturated carbocycles. The van der Waals surface area contributed by atoms with Crippen LogP contribution in [0.25, 0.3) is 0 Å². The SMILES string of the molecule is Cc1ncc(C(=O)N2CCCCC2C2CCCN2)s1. The van der Waals surface area contributed by atoms with Crippen LogP contribution in [-0.4, -0.2) is 41.0 Å². The summed E-state index contributed by atoms with van der Waals surface area (Å²) in [5.74, 6) is 0.184. The number of likely N-dealkylation sites (tertiary alicyclic amines) is 1. The van der Waals surface area contributed by atoms with Crippen molar-refractivity contribution in [3.63, 3.8) is 0 Å². The first-order valence-corrected chi connectivity index (χ1v) is 8.04. The number of aryl methyl sites for hydroxylation is 1. The minimum absolute atomic E-state index is 0.184. The Balaban J connectivity index is 1.77. The Morgan fingerprint density at radius 2 is 2.32 bits per heavy atom. The van der Waals surface area contributed by atoms with E-state index in [0.717, 1.165) is 35.8 Å². The van der Waals surface area contributed by atoms with Crippen LogP contribution in [0.3, 0.4) is 0 Å². The van der Waals surface area contributed by atoms with E-state index in [4.69, 9.17) is 0 Å². The van der Waals surface area contributed by atoms with Crippen LogP contribution in [0.1, 0.15) is 46.8 Å². The molecule has 3 heterocycles. The molecule has 0 aliphatic carbocycles. The van der Waals surface area contributed by atoms with Crippen LogP contribution in [0.5, 0.6) is 0 Å². The molecule has 3 rings (SSSR count). The number of hydrogen-bond donors (Lipinski definition) is 1. The number of nitrogens with one attached hydrogen (secondary N) is 1. The van der Waals surface area contributed by atoms with Crippen molar-refractivity contribution < 1.29 is 4.79 Å². The summed E-state index contributed by atoms with van der Waals surface area (Å²) in [7, 11) is 0. The van der Waals surface area contributed by atoms with Gasteiger partial charge in [0.05, 0.1) is 11.2 Å². The molecule has 1 aromatic heterocycles. The molecule has 4 nitrogen and oxygen atoms in total. The Hall–Kier alpha value is -0.940. The van der Waals surface area contributed by atoms with Gasteiger partial charge in [-0.25, -0.2) is 4.98 Å². The molecule has 2 aliphatic heterocycles. The maximum atomic E-state index is 12.6. The monoisotopic (exact) mass is 279 g/mol. The zero-order chi connectivity index (χ0) is 13.2. The summed E-state index contributed by atoms with van der Waals surface area (Å²) in [5.41, 5.74) is 0. The second-order valence-corrected chi connectivity index (χ2v) is 6.74. The quantitative estimate of drug-likeness (QED) is 0.902. The average Bonchev–Trinajstić information content (AvgIpc) is 3.09. The van der Waals surface area contributed by atoms with Gasteiger partial charge >= 0.3 is 0 Å². The molecule has 0 radical (unpaired) electrons. The lowest BCUT2D eigenvalue weighted by Crippen LogP contribution is -2.52. The zero-order valence-corrected chi connectivity index (χ0v) is 12.2. The van der Waals surface area contributed by atoms with E-state index >= 15 is 0 Å². The fourth-order valence-corrected chi connectivity index (χ4v) is 4.00. The maximum Gasteiger partial charge on any atom is 0.265 e. The van der Waals surface area contributed by atoms with E-state index in [9.17, 15) is 4.79 Å². The van der Waals surface area contributed by atoms with Crippen LogP contribution in [0.15, 0.2) is 6.20 Å². The Kier molecular flexibility index (Phi) is 3.84. The third-order valence-electron chi connectivity index (χ3n) is 4.21. The van der Waals surface area contributed by atoms with Crippen molar-refractivity contribution >= 4 is 17.2 Å². The van der Waals surface area contributed by atoms with E-state index in [-0.39, 0.29) is 5.91 Å². The molecule has 2 aliphatic rings. The molecule has 1 N–H and O–H groups in total. The second kappa shape index (κ2) is 5.59. The van der Waals surface area contributed by atoms with Crippen molar-refractivity contribution in [2.45, 2.75) is 51.1 Å². The molecule has 5 heteroatoms. The summed E-state index contributed by atoms with van der Waals surface area (Å²) in [6.07, 6.45) is 7.69. The van der Waals surface area contributed by atoms with Gasteiger partial charge in [0, 0.05) is 18.6 Å². The Morgan fingerprint density at radius 3 is 3.00 bits per heavy atom. The van der Waals surface area contributed by atoms with Crippen LogP contribution >= 0.6 is 11.3 Å². The van der Waals surface area contributed by atoms with E-state index in [1.54, 1.807) is 6.20 Å². The van der Waals surface area contributed by atoms with Crippen LogP contribution in [0.2, 0.25) is 0 Å². The van der Waals surface area contributed by atoms with Gasteiger partial charge in [-0.05, 0) is 45.6 Å². The van der Waals surface area contributed by atoms with E-state index in [1.807, 2.05) is 6.92 Å². The first-order chi connectivity index (χ1) is 9.25. The Labute approximate surface area is 118 Å². The highest BCUT2D eigenvalue weighted by Crippen LogP contribution is 2.27. The highest BCUT2D eigenvalue weighted by molar-refractivity contribution is 7.13. The van der Waals surface area contributed by atoms with Gasteiger partial charge < -0.3 is 10.2 Å². The van der Waals surface area contributed by atoms with E-state index < -0.39 is 0 Å². The topological polar surface area (TPSA) is 45.2 Å². The van der Waals surface area contributed by atoms with Gasteiger partial charge in [-0.3, -0.25) is 4.79 Å². The number of carbonyl (C=O) groups excluding carboxylic acids is 1. The molecule has 0 spiro atoms. The van der Waals surface area contributed by atoms with Crippen molar-refractivity contribution in [3.8, 4) is 0 Å². The predicted octanol–water partition coefficient (Wildman–Crippen LogP) is 2.20. The van der Waals surface area contributed by atoms with Crippen LogP contribution < -0.4 is 5.32 Å². The van der Waals surface area contributed by atoms with Crippen LogP contribution in [-0.2, 0) is 0 Å². The van der Waals surface area contributed by atoms with Gasteiger partial charge in [0.15, 0.2) is 0 Å². The molecule has 19 heavy (non-hydrogen) atoms. The molecule has 1 aromatic rings. The Bertz CT molecular complexity index is 453. The first-order valence-electron chi connectivity index (χ1n) is 7.22. The molecular formula is C14H21N3OS. The molecule has 2 atom stereocenters. The normalized spacial score (nSPS) is 27.7. The summed E-state index contributed by atoms with van der Waals surface area (Å²) >= 11 is 1.51. The molecular weight excluding hydrogens is 258 g/mol. The van der Waals surface area contributed by atoms with Gasteiger partial charge in [-0.15, -0.1) is 11.3 Å². The van der Waals surface area contributed by atoms with Gasteiger partial charge in [-0.2, -0.15) is 0 Å². The fourth-order valence-electron chi connectivity index (χ4n) is 3.27.